The summed E-state index contributed by atoms with van der Waals surface area (Å²) in [6.07, 6.45) is 6.79. The third kappa shape index (κ3) is 3.08. The van der Waals surface area contributed by atoms with Crippen molar-refractivity contribution in [3.63, 3.8) is 0 Å². The van der Waals surface area contributed by atoms with Gasteiger partial charge in [0.25, 0.3) is 5.91 Å². The van der Waals surface area contributed by atoms with Gasteiger partial charge in [0.15, 0.2) is 0 Å². The molecule has 0 spiro atoms. The number of piperidine rings is 1. The normalized spacial score (nSPS) is 23.3. The molecule has 8 nitrogen and oxygen atoms in total. The second-order valence-corrected chi connectivity index (χ2v) is 6.76. The zero-order valence-corrected chi connectivity index (χ0v) is 13.9. The summed E-state index contributed by atoms with van der Waals surface area (Å²) in [5.74, 6) is -0.455. The average Bonchev–Trinajstić information content (AvgIpc) is 2.77. The first-order valence-corrected chi connectivity index (χ1v) is 8.06. The standard InChI is InChI=1S/C16H21N5O3/c1-16(2)14(23)21(15(24)19-16)10-13(22)20-7-3-4-11(9-20)12-8-17-5-6-18-12/h5-6,8,11H,3-4,7,9-10H2,1-2H3,(H,19,24)/t11-/m0/s1. The van der Waals surface area contributed by atoms with Gasteiger partial charge in [-0.25, -0.2) is 4.79 Å². The highest BCUT2D eigenvalue weighted by Gasteiger charge is 2.45. The molecule has 0 unspecified atom stereocenters. The molecule has 3 rings (SSSR count). The quantitative estimate of drug-likeness (QED) is 0.814. The summed E-state index contributed by atoms with van der Waals surface area (Å²) in [7, 11) is 0. The number of urea groups is 1. The van der Waals surface area contributed by atoms with E-state index in [-0.39, 0.29) is 24.3 Å². The lowest BCUT2D eigenvalue weighted by Crippen LogP contribution is -2.47. The number of imide groups is 1. The van der Waals surface area contributed by atoms with Crippen LogP contribution in [0.1, 0.15) is 38.3 Å². The van der Waals surface area contributed by atoms with Crippen LogP contribution in [0.15, 0.2) is 18.6 Å². The van der Waals surface area contributed by atoms with Crippen molar-refractivity contribution in [3.05, 3.63) is 24.3 Å². The lowest BCUT2D eigenvalue weighted by Gasteiger charge is -2.33. The van der Waals surface area contributed by atoms with Crippen LogP contribution >= 0.6 is 0 Å². The Kier molecular flexibility index (Phi) is 4.21. The first-order chi connectivity index (χ1) is 11.4. The number of nitrogens with zero attached hydrogens (tertiary/aromatic N) is 4. The molecular weight excluding hydrogens is 310 g/mol. The summed E-state index contributed by atoms with van der Waals surface area (Å²) in [5, 5.41) is 2.58. The Hall–Kier alpha value is -2.51. The zero-order valence-electron chi connectivity index (χ0n) is 13.9. The average molecular weight is 331 g/mol. The fraction of sp³-hybridized carbons (Fsp3) is 0.562. The van der Waals surface area contributed by atoms with Crippen LogP contribution < -0.4 is 5.32 Å². The molecule has 24 heavy (non-hydrogen) atoms. The Balaban J connectivity index is 1.65. The van der Waals surface area contributed by atoms with Crippen LogP contribution in [0.4, 0.5) is 4.79 Å². The van der Waals surface area contributed by atoms with Gasteiger partial charge in [-0.05, 0) is 26.7 Å². The van der Waals surface area contributed by atoms with Gasteiger partial charge in [0, 0.05) is 37.6 Å². The molecule has 0 bridgehead atoms. The van der Waals surface area contributed by atoms with E-state index in [2.05, 4.69) is 15.3 Å². The molecule has 0 aromatic carbocycles. The van der Waals surface area contributed by atoms with Crippen LogP contribution in [0.3, 0.4) is 0 Å². The predicted octanol–water partition coefficient (Wildman–Crippen LogP) is 0.513. The smallest absolute Gasteiger partial charge is 0.325 e. The summed E-state index contributed by atoms with van der Waals surface area (Å²) in [4.78, 5) is 47.7. The Bertz CT molecular complexity index is 661. The molecule has 2 fully saturated rings. The number of nitrogens with one attached hydrogen (secondary N) is 1. The fourth-order valence-electron chi connectivity index (χ4n) is 3.16. The summed E-state index contributed by atoms with van der Waals surface area (Å²) >= 11 is 0. The van der Waals surface area contributed by atoms with Gasteiger partial charge >= 0.3 is 6.03 Å². The summed E-state index contributed by atoms with van der Waals surface area (Å²) in [6.45, 7) is 4.19. The van der Waals surface area contributed by atoms with Crippen LogP contribution in [0.5, 0.6) is 0 Å². The second-order valence-electron chi connectivity index (χ2n) is 6.76. The second kappa shape index (κ2) is 6.18. The van der Waals surface area contributed by atoms with Crippen molar-refractivity contribution in [2.75, 3.05) is 19.6 Å². The molecule has 0 radical (unpaired) electrons. The van der Waals surface area contributed by atoms with Crippen LogP contribution in [0.25, 0.3) is 0 Å². The summed E-state index contributed by atoms with van der Waals surface area (Å²) in [6, 6.07) is -0.513. The Morgan fingerprint density at radius 3 is 2.79 bits per heavy atom. The van der Waals surface area contributed by atoms with Crippen molar-refractivity contribution in [2.24, 2.45) is 0 Å². The van der Waals surface area contributed by atoms with Gasteiger partial charge in [0.2, 0.25) is 5.91 Å². The van der Waals surface area contributed by atoms with E-state index >= 15 is 0 Å². The van der Waals surface area contributed by atoms with Gasteiger partial charge < -0.3 is 10.2 Å². The number of likely N-dealkylation sites (tertiary alicyclic amines) is 1. The highest BCUT2D eigenvalue weighted by atomic mass is 16.2. The minimum Gasteiger partial charge on any atom is -0.340 e. The number of amides is 4. The SMILES string of the molecule is CC1(C)NC(=O)N(CC(=O)N2CCC[C@H](c3cnccn3)C2)C1=O. The van der Waals surface area contributed by atoms with Crippen LogP contribution in [0, 0.1) is 0 Å². The van der Waals surface area contributed by atoms with Crippen LogP contribution in [-0.2, 0) is 9.59 Å². The zero-order chi connectivity index (χ0) is 17.3. The predicted molar refractivity (Wildman–Crippen MR) is 84.9 cm³/mol. The number of aromatic nitrogens is 2. The van der Waals surface area contributed by atoms with E-state index in [1.54, 1.807) is 37.3 Å². The first kappa shape index (κ1) is 16.4. The molecule has 2 aliphatic heterocycles. The molecular formula is C16H21N5O3. The molecule has 0 saturated carbocycles. The van der Waals surface area contributed by atoms with Crippen molar-refractivity contribution in [1.29, 1.82) is 0 Å². The number of hydrogen-bond acceptors (Lipinski definition) is 5. The highest BCUT2D eigenvalue weighted by Crippen LogP contribution is 2.25. The maximum Gasteiger partial charge on any atom is 0.325 e. The number of rotatable bonds is 3. The molecule has 1 aromatic rings. The molecule has 128 valence electrons. The van der Waals surface area contributed by atoms with Gasteiger partial charge in [-0.15, -0.1) is 0 Å². The van der Waals surface area contributed by atoms with Gasteiger partial charge in [0.05, 0.1) is 5.69 Å². The molecule has 2 saturated heterocycles. The van der Waals surface area contributed by atoms with Crippen molar-refractivity contribution in [2.45, 2.75) is 38.1 Å². The lowest BCUT2D eigenvalue weighted by atomic mass is 9.95. The van der Waals surface area contributed by atoms with E-state index in [4.69, 9.17) is 0 Å². The Labute approximate surface area is 140 Å². The maximum atomic E-state index is 12.5. The minimum atomic E-state index is -0.957. The fourth-order valence-corrected chi connectivity index (χ4v) is 3.16. The lowest BCUT2D eigenvalue weighted by molar-refractivity contribution is -0.139. The highest BCUT2D eigenvalue weighted by molar-refractivity contribution is 6.08. The maximum absolute atomic E-state index is 12.5. The molecule has 1 atom stereocenters. The molecule has 8 heteroatoms. The number of carbonyl (C=O) groups is 3. The molecule has 0 aliphatic carbocycles. The van der Waals surface area contributed by atoms with E-state index in [1.807, 2.05) is 0 Å². The summed E-state index contributed by atoms with van der Waals surface area (Å²) < 4.78 is 0. The summed E-state index contributed by atoms with van der Waals surface area (Å²) in [5.41, 5.74) is -0.0901. The van der Waals surface area contributed by atoms with E-state index in [9.17, 15) is 14.4 Å². The van der Waals surface area contributed by atoms with Crippen LogP contribution in [0.2, 0.25) is 0 Å². The van der Waals surface area contributed by atoms with E-state index in [0.29, 0.717) is 13.1 Å². The van der Waals surface area contributed by atoms with E-state index in [0.717, 1.165) is 23.4 Å². The molecule has 3 heterocycles. The van der Waals surface area contributed by atoms with Crippen molar-refractivity contribution >= 4 is 17.8 Å². The van der Waals surface area contributed by atoms with E-state index < -0.39 is 11.6 Å². The molecule has 1 N–H and O–H groups in total. The third-order valence-electron chi connectivity index (χ3n) is 4.51. The molecule has 2 aliphatic rings. The number of carbonyl (C=O) groups excluding carboxylic acids is 3. The van der Waals surface area contributed by atoms with E-state index in [1.165, 1.54) is 0 Å². The molecule has 1 aromatic heterocycles. The third-order valence-corrected chi connectivity index (χ3v) is 4.51. The topological polar surface area (TPSA) is 95.5 Å². The monoisotopic (exact) mass is 331 g/mol. The molecule has 4 amide bonds. The van der Waals surface area contributed by atoms with Gasteiger partial charge in [-0.2, -0.15) is 0 Å². The minimum absolute atomic E-state index is 0.135. The largest absolute Gasteiger partial charge is 0.340 e. The van der Waals surface area contributed by atoms with Crippen molar-refractivity contribution in [3.8, 4) is 0 Å². The van der Waals surface area contributed by atoms with Gasteiger partial charge in [-0.3, -0.25) is 24.5 Å². The first-order valence-electron chi connectivity index (χ1n) is 8.06. The Morgan fingerprint density at radius 2 is 2.17 bits per heavy atom. The van der Waals surface area contributed by atoms with Gasteiger partial charge in [-0.1, -0.05) is 0 Å². The van der Waals surface area contributed by atoms with Crippen LogP contribution in [-0.4, -0.2) is 62.8 Å². The number of hydrogen-bond donors (Lipinski definition) is 1. The van der Waals surface area contributed by atoms with Crippen molar-refractivity contribution in [1.82, 2.24) is 25.1 Å². The van der Waals surface area contributed by atoms with Crippen molar-refractivity contribution < 1.29 is 14.4 Å². The Morgan fingerprint density at radius 1 is 1.38 bits per heavy atom. The van der Waals surface area contributed by atoms with Gasteiger partial charge in [0.1, 0.15) is 12.1 Å².